The fraction of sp³-hybridized carbons (Fsp3) is 0.400. The van der Waals surface area contributed by atoms with Gasteiger partial charge in [0.1, 0.15) is 17.0 Å². The Morgan fingerprint density at radius 1 is 1.07 bits per heavy atom. The predicted molar refractivity (Wildman–Crippen MR) is 114 cm³/mol. The molecule has 4 rings (SSSR count). The van der Waals surface area contributed by atoms with Crippen molar-refractivity contribution in [2.75, 3.05) is 31.1 Å². The van der Waals surface area contributed by atoms with Gasteiger partial charge in [-0.25, -0.2) is 18.4 Å². The van der Waals surface area contributed by atoms with Gasteiger partial charge in [-0.3, -0.25) is 0 Å². The average molecular weight is 417 g/mol. The highest BCUT2D eigenvalue weighted by Crippen LogP contribution is 2.31. The lowest BCUT2D eigenvalue weighted by atomic mass is 10.2. The molecule has 0 bridgehead atoms. The Bertz CT molecular complexity index is 1120. The van der Waals surface area contributed by atoms with Crippen molar-refractivity contribution in [3.8, 4) is 0 Å². The molecule has 0 saturated carbocycles. The summed E-state index contributed by atoms with van der Waals surface area (Å²) in [4.78, 5) is 13.7. The number of thiophene rings is 1. The van der Waals surface area contributed by atoms with Gasteiger partial charge in [0, 0.05) is 31.1 Å². The molecule has 0 amide bonds. The highest BCUT2D eigenvalue weighted by molar-refractivity contribution is 7.89. The smallest absolute Gasteiger partial charge is 0.243 e. The van der Waals surface area contributed by atoms with Gasteiger partial charge in [0.15, 0.2) is 0 Å². The van der Waals surface area contributed by atoms with E-state index < -0.39 is 10.0 Å². The molecule has 1 aliphatic rings. The summed E-state index contributed by atoms with van der Waals surface area (Å²) in [5.74, 6) is 0.907. The Kier molecular flexibility index (Phi) is 5.11. The highest BCUT2D eigenvalue weighted by Gasteiger charge is 2.30. The Balaban J connectivity index is 1.56. The molecule has 6 nitrogen and oxygen atoms in total. The predicted octanol–water partition coefficient (Wildman–Crippen LogP) is 3.38. The number of anilines is 1. The largest absolute Gasteiger partial charge is 0.353 e. The number of fused-ring (bicyclic) bond motifs is 1. The number of hydrogen-bond acceptors (Lipinski definition) is 6. The molecular weight excluding hydrogens is 392 g/mol. The first kappa shape index (κ1) is 19.3. The van der Waals surface area contributed by atoms with Crippen LogP contribution in [0.15, 0.2) is 35.5 Å². The molecule has 3 heterocycles. The van der Waals surface area contributed by atoms with E-state index in [1.807, 2.05) is 26.0 Å². The summed E-state index contributed by atoms with van der Waals surface area (Å²) >= 11 is 1.70. The first-order chi connectivity index (χ1) is 13.4. The third-order valence-electron chi connectivity index (χ3n) is 5.19. The molecule has 0 aliphatic carbocycles. The normalized spacial score (nSPS) is 16.0. The summed E-state index contributed by atoms with van der Waals surface area (Å²) in [7, 11) is -3.48. The summed E-state index contributed by atoms with van der Waals surface area (Å²) in [6, 6.07) is 7.66. The van der Waals surface area contributed by atoms with Gasteiger partial charge in [-0.1, -0.05) is 24.6 Å². The summed E-state index contributed by atoms with van der Waals surface area (Å²) in [6.45, 7) is 8.10. The van der Waals surface area contributed by atoms with Crippen LogP contribution in [0.2, 0.25) is 0 Å². The van der Waals surface area contributed by atoms with Gasteiger partial charge in [0.05, 0.1) is 10.3 Å². The van der Waals surface area contributed by atoms with Crippen LogP contribution >= 0.6 is 11.3 Å². The van der Waals surface area contributed by atoms with Crippen molar-refractivity contribution in [1.82, 2.24) is 14.3 Å². The van der Waals surface area contributed by atoms with Crippen LogP contribution in [0.5, 0.6) is 0 Å². The third kappa shape index (κ3) is 3.40. The number of hydrogen-bond donors (Lipinski definition) is 0. The third-order valence-corrected chi connectivity index (χ3v) is 8.44. The summed E-state index contributed by atoms with van der Waals surface area (Å²) < 4.78 is 27.8. The second-order valence-electron chi connectivity index (χ2n) is 7.14. The van der Waals surface area contributed by atoms with Crippen molar-refractivity contribution in [1.29, 1.82) is 0 Å². The number of benzene rings is 1. The molecule has 2 aromatic heterocycles. The zero-order valence-electron chi connectivity index (χ0n) is 16.3. The second kappa shape index (κ2) is 7.42. The average Bonchev–Trinajstić information content (AvgIpc) is 3.11. The van der Waals surface area contributed by atoms with Gasteiger partial charge < -0.3 is 4.90 Å². The first-order valence-corrected chi connectivity index (χ1v) is 11.7. The summed E-state index contributed by atoms with van der Waals surface area (Å²) in [5, 5.41) is 1.06. The molecular formula is C20H24N4O2S2. The molecule has 3 aromatic rings. The molecule has 1 aromatic carbocycles. The highest BCUT2D eigenvalue weighted by atomic mass is 32.2. The quantitative estimate of drug-likeness (QED) is 0.652. The monoisotopic (exact) mass is 416 g/mol. The minimum atomic E-state index is -3.48. The molecule has 0 spiro atoms. The number of piperazine rings is 1. The van der Waals surface area contributed by atoms with Crippen LogP contribution < -0.4 is 4.90 Å². The van der Waals surface area contributed by atoms with Crippen molar-refractivity contribution in [2.45, 2.75) is 32.1 Å². The van der Waals surface area contributed by atoms with Crippen LogP contribution in [0, 0.1) is 13.8 Å². The van der Waals surface area contributed by atoms with E-state index in [2.05, 4.69) is 27.9 Å². The van der Waals surface area contributed by atoms with Gasteiger partial charge in [-0.2, -0.15) is 4.31 Å². The zero-order chi connectivity index (χ0) is 19.9. The number of rotatable bonds is 4. The molecule has 0 N–H and O–H groups in total. The maximum atomic E-state index is 13.1. The molecule has 148 valence electrons. The van der Waals surface area contributed by atoms with E-state index in [4.69, 9.17) is 0 Å². The van der Waals surface area contributed by atoms with Crippen LogP contribution in [0.25, 0.3) is 10.2 Å². The lowest BCUT2D eigenvalue weighted by Gasteiger charge is -2.35. The van der Waals surface area contributed by atoms with E-state index in [1.165, 1.54) is 4.88 Å². The molecule has 1 saturated heterocycles. The van der Waals surface area contributed by atoms with Gasteiger partial charge in [-0.05, 0) is 38.0 Å². The lowest BCUT2D eigenvalue weighted by molar-refractivity contribution is 0.384. The lowest BCUT2D eigenvalue weighted by Crippen LogP contribution is -2.49. The van der Waals surface area contributed by atoms with Crippen molar-refractivity contribution in [2.24, 2.45) is 0 Å². The van der Waals surface area contributed by atoms with E-state index in [-0.39, 0.29) is 0 Å². The van der Waals surface area contributed by atoms with E-state index >= 15 is 0 Å². The standard InChI is InChI=1S/C20H24N4O2S2/c1-4-16-12-17-19(21-13-22-20(17)27-16)23-7-9-24(10-8-23)28(25,26)18-6-5-14(2)11-15(18)3/h5-6,11-13H,4,7-10H2,1-3H3. The molecule has 0 atom stereocenters. The topological polar surface area (TPSA) is 66.4 Å². The van der Waals surface area contributed by atoms with E-state index in [9.17, 15) is 8.42 Å². The zero-order valence-corrected chi connectivity index (χ0v) is 18.0. The molecule has 1 aliphatic heterocycles. The number of nitrogens with zero attached hydrogens (tertiary/aromatic N) is 4. The van der Waals surface area contributed by atoms with Crippen LogP contribution in [0.1, 0.15) is 22.9 Å². The van der Waals surface area contributed by atoms with Crippen molar-refractivity contribution in [3.63, 3.8) is 0 Å². The van der Waals surface area contributed by atoms with Gasteiger partial charge in [0.25, 0.3) is 0 Å². The molecule has 0 radical (unpaired) electrons. The Hall–Kier alpha value is -2.03. The summed E-state index contributed by atoms with van der Waals surface area (Å²) in [5.41, 5.74) is 1.86. The fourth-order valence-electron chi connectivity index (χ4n) is 3.69. The van der Waals surface area contributed by atoms with Gasteiger partial charge >= 0.3 is 0 Å². The van der Waals surface area contributed by atoms with Crippen molar-refractivity contribution < 1.29 is 8.42 Å². The molecule has 0 unspecified atom stereocenters. The Morgan fingerprint density at radius 3 is 2.50 bits per heavy atom. The second-order valence-corrected chi connectivity index (χ2v) is 10.2. The maximum absolute atomic E-state index is 13.1. The van der Waals surface area contributed by atoms with Crippen molar-refractivity contribution >= 4 is 37.4 Å². The fourth-order valence-corrected chi connectivity index (χ4v) is 6.24. The number of sulfonamides is 1. The van der Waals surface area contributed by atoms with E-state index in [0.29, 0.717) is 31.1 Å². The first-order valence-electron chi connectivity index (χ1n) is 9.46. The van der Waals surface area contributed by atoms with Crippen LogP contribution in [-0.2, 0) is 16.4 Å². The van der Waals surface area contributed by atoms with Gasteiger partial charge in [0.2, 0.25) is 10.0 Å². The van der Waals surface area contributed by atoms with E-state index in [0.717, 1.165) is 33.6 Å². The maximum Gasteiger partial charge on any atom is 0.243 e. The molecule has 1 fully saturated rings. The summed E-state index contributed by atoms with van der Waals surface area (Å²) in [6.07, 6.45) is 2.58. The van der Waals surface area contributed by atoms with Crippen molar-refractivity contribution in [3.05, 3.63) is 46.6 Å². The van der Waals surface area contributed by atoms with Crippen LogP contribution in [0.4, 0.5) is 5.82 Å². The molecule has 8 heteroatoms. The van der Waals surface area contributed by atoms with E-state index in [1.54, 1.807) is 28.0 Å². The van der Waals surface area contributed by atoms with Crippen LogP contribution in [-0.4, -0.2) is 48.9 Å². The number of aryl methyl sites for hydroxylation is 3. The SMILES string of the molecule is CCc1cc2c(N3CCN(S(=O)(=O)c4ccc(C)cc4C)CC3)ncnc2s1. The Labute approximate surface area is 169 Å². The minimum absolute atomic E-state index is 0.404. The van der Waals surface area contributed by atoms with Crippen LogP contribution in [0.3, 0.4) is 0 Å². The Morgan fingerprint density at radius 2 is 1.82 bits per heavy atom. The minimum Gasteiger partial charge on any atom is -0.353 e. The number of aromatic nitrogens is 2. The molecule has 28 heavy (non-hydrogen) atoms. The van der Waals surface area contributed by atoms with Gasteiger partial charge in [-0.15, -0.1) is 11.3 Å².